The van der Waals surface area contributed by atoms with Gasteiger partial charge in [0.2, 0.25) is 0 Å². The number of benzene rings is 1. The van der Waals surface area contributed by atoms with Crippen LogP contribution >= 0.6 is 0 Å². The van der Waals surface area contributed by atoms with Gasteiger partial charge in [-0.2, -0.15) is 0 Å². The fourth-order valence-corrected chi connectivity index (χ4v) is 1.61. The van der Waals surface area contributed by atoms with Crippen molar-refractivity contribution in [2.45, 2.75) is 41.5 Å². The van der Waals surface area contributed by atoms with E-state index >= 15 is 0 Å². The van der Waals surface area contributed by atoms with Crippen molar-refractivity contribution in [3.05, 3.63) is 34.4 Å². The number of carbonyl (C=O) groups is 1. The molecule has 0 radical (unpaired) electrons. The summed E-state index contributed by atoms with van der Waals surface area (Å²) < 4.78 is 0. The summed E-state index contributed by atoms with van der Waals surface area (Å²) in [6.07, 6.45) is 0. The van der Waals surface area contributed by atoms with Gasteiger partial charge in [-0.15, -0.1) is 0 Å². The first-order chi connectivity index (χ1) is 6.73. The van der Waals surface area contributed by atoms with E-state index in [-0.39, 0.29) is 11.2 Å². The Morgan fingerprint density at radius 3 is 1.87 bits per heavy atom. The fraction of sp³-hybridized carbons (Fsp3) is 0.500. The molecule has 0 saturated carbocycles. The highest BCUT2D eigenvalue weighted by molar-refractivity contribution is 6.01. The van der Waals surface area contributed by atoms with Crippen molar-refractivity contribution >= 4 is 5.78 Å². The molecule has 0 spiro atoms. The van der Waals surface area contributed by atoms with E-state index in [2.05, 4.69) is 13.0 Å². The van der Waals surface area contributed by atoms with Gasteiger partial charge < -0.3 is 0 Å². The predicted octanol–water partition coefficient (Wildman–Crippen LogP) is 3.84. The summed E-state index contributed by atoms with van der Waals surface area (Å²) in [6, 6.07) is 4.10. The lowest BCUT2D eigenvalue weighted by atomic mass is 9.84. The van der Waals surface area contributed by atoms with Gasteiger partial charge in [0.25, 0.3) is 0 Å². The van der Waals surface area contributed by atoms with Crippen LogP contribution in [0.4, 0.5) is 0 Å². The summed E-state index contributed by atoms with van der Waals surface area (Å²) in [6.45, 7) is 12.0. The molecular weight excluding hydrogens is 184 g/mol. The number of carbonyl (C=O) groups excluding carboxylic acids is 1. The standard InChI is InChI=1S/C14H20O/c1-9-7-11(3)12(8-10(9)2)13(15)14(4,5)6/h7-8H,1-6H3. The second kappa shape index (κ2) is 3.80. The lowest BCUT2D eigenvalue weighted by Gasteiger charge is -2.19. The molecule has 15 heavy (non-hydrogen) atoms. The summed E-state index contributed by atoms with van der Waals surface area (Å²) in [5, 5.41) is 0. The maximum absolute atomic E-state index is 12.2. The molecule has 0 bridgehead atoms. The highest BCUT2D eigenvalue weighted by Crippen LogP contribution is 2.24. The zero-order valence-electron chi connectivity index (χ0n) is 10.6. The third-order valence-corrected chi connectivity index (χ3v) is 2.77. The van der Waals surface area contributed by atoms with Crippen LogP contribution in [0.25, 0.3) is 0 Å². The Morgan fingerprint density at radius 2 is 1.40 bits per heavy atom. The highest BCUT2D eigenvalue weighted by atomic mass is 16.1. The van der Waals surface area contributed by atoms with Crippen LogP contribution < -0.4 is 0 Å². The van der Waals surface area contributed by atoms with Crippen molar-refractivity contribution < 1.29 is 4.79 Å². The van der Waals surface area contributed by atoms with Gasteiger partial charge in [-0.3, -0.25) is 4.79 Å². The van der Waals surface area contributed by atoms with E-state index in [1.807, 2.05) is 40.7 Å². The van der Waals surface area contributed by atoms with Gasteiger partial charge in [0.15, 0.2) is 5.78 Å². The van der Waals surface area contributed by atoms with Crippen LogP contribution in [0.2, 0.25) is 0 Å². The number of hydrogen-bond donors (Lipinski definition) is 0. The number of rotatable bonds is 1. The smallest absolute Gasteiger partial charge is 0.168 e. The lowest BCUT2D eigenvalue weighted by molar-refractivity contribution is 0.0857. The number of hydrogen-bond acceptors (Lipinski definition) is 1. The zero-order chi connectivity index (χ0) is 11.8. The minimum Gasteiger partial charge on any atom is -0.294 e. The Balaban J connectivity index is 3.28. The molecule has 1 heteroatoms. The Labute approximate surface area is 92.5 Å². The first kappa shape index (κ1) is 12.0. The predicted molar refractivity (Wildman–Crippen MR) is 64.4 cm³/mol. The molecule has 82 valence electrons. The first-order valence-electron chi connectivity index (χ1n) is 5.36. The van der Waals surface area contributed by atoms with Crippen LogP contribution in [-0.4, -0.2) is 5.78 Å². The molecule has 1 aromatic rings. The van der Waals surface area contributed by atoms with Crippen molar-refractivity contribution in [2.75, 3.05) is 0 Å². The summed E-state index contributed by atoms with van der Waals surface area (Å²) in [5.74, 6) is 0.225. The van der Waals surface area contributed by atoms with E-state index in [1.165, 1.54) is 11.1 Å². The molecule has 0 aliphatic carbocycles. The molecule has 0 heterocycles. The maximum Gasteiger partial charge on any atom is 0.168 e. The molecule has 0 N–H and O–H groups in total. The molecule has 0 aromatic heterocycles. The summed E-state index contributed by atoms with van der Waals surface area (Å²) in [7, 11) is 0. The number of Topliss-reactive ketones (excluding diaryl/α,β-unsaturated/α-hetero) is 1. The van der Waals surface area contributed by atoms with Crippen LogP contribution in [0.15, 0.2) is 12.1 Å². The second-order valence-corrected chi connectivity index (χ2v) is 5.33. The molecule has 0 atom stereocenters. The zero-order valence-corrected chi connectivity index (χ0v) is 10.6. The third kappa shape index (κ3) is 2.47. The minimum atomic E-state index is -0.299. The molecule has 0 amide bonds. The minimum absolute atomic E-state index is 0.225. The largest absolute Gasteiger partial charge is 0.294 e. The van der Waals surface area contributed by atoms with Crippen molar-refractivity contribution in [2.24, 2.45) is 5.41 Å². The quantitative estimate of drug-likeness (QED) is 0.635. The fourth-order valence-electron chi connectivity index (χ4n) is 1.61. The number of aryl methyl sites for hydroxylation is 3. The maximum atomic E-state index is 12.2. The molecule has 1 aromatic carbocycles. The third-order valence-electron chi connectivity index (χ3n) is 2.77. The van der Waals surface area contributed by atoms with E-state index in [1.54, 1.807) is 0 Å². The summed E-state index contributed by atoms with van der Waals surface area (Å²) in [4.78, 5) is 12.2. The van der Waals surface area contributed by atoms with E-state index in [9.17, 15) is 4.79 Å². The first-order valence-corrected chi connectivity index (χ1v) is 5.36. The topological polar surface area (TPSA) is 17.1 Å². The van der Waals surface area contributed by atoms with Gasteiger partial charge in [-0.05, 0) is 43.5 Å². The van der Waals surface area contributed by atoms with Crippen LogP contribution in [-0.2, 0) is 0 Å². The Morgan fingerprint density at radius 1 is 0.933 bits per heavy atom. The normalized spacial score (nSPS) is 11.6. The SMILES string of the molecule is Cc1cc(C)c(C(=O)C(C)(C)C)cc1C. The van der Waals surface area contributed by atoms with E-state index in [4.69, 9.17) is 0 Å². The van der Waals surface area contributed by atoms with Crippen molar-refractivity contribution in [1.82, 2.24) is 0 Å². The van der Waals surface area contributed by atoms with Gasteiger partial charge in [0.05, 0.1) is 0 Å². The second-order valence-electron chi connectivity index (χ2n) is 5.33. The lowest BCUT2D eigenvalue weighted by Crippen LogP contribution is -2.21. The molecule has 0 unspecified atom stereocenters. The highest BCUT2D eigenvalue weighted by Gasteiger charge is 2.24. The number of ketones is 1. The summed E-state index contributed by atoms with van der Waals surface area (Å²) >= 11 is 0. The summed E-state index contributed by atoms with van der Waals surface area (Å²) in [5.41, 5.74) is 4.08. The van der Waals surface area contributed by atoms with Crippen molar-refractivity contribution in [3.8, 4) is 0 Å². The van der Waals surface area contributed by atoms with E-state index in [0.29, 0.717) is 0 Å². The molecule has 1 rings (SSSR count). The van der Waals surface area contributed by atoms with Gasteiger partial charge in [0, 0.05) is 11.0 Å². The van der Waals surface area contributed by atoms with Gasteiger partial charge in [-0.25, -0.2) is 0 Å². The van der Waals surface area contributed by atoms with Gasteiger partial charge in [0.1, 0.15) is 0 Å². The Bertz CT molecular complexity index is 395. The Hall–Kier alpha value is -1.11. The van der Waals surface area contributed by atoms with E-state index < -0.39 is 0 Å². The van der Waals surface area contributed by atoms with Gasteiger partial charge >= 0.3 is 0 Å². The van der Waals surface area contributed by atoms with Crippen molar-refractivity contribution in [1.29, 1.82) is 0 Å². The van der Waals surface area contributed by atoms with Crippen LogP contribution in [0.1, 0.15) is 47.8 Å². The monoisotopic (exact) mass is 204 g/mol. The van der Waals surface area contributed by atoms with Crippen LogP contribution in [0.3, 0.4) is 0 Å². The average molecular weight is 204 g/mol. The average Bonchev–Trinajstić information content (AvgIpc) is 2.08. The molecule has 0 fully saturated rings. The molecule has 1 nitrogen and oxygen atoms in total. The van der Waals surface area contributed by atoms with Crippen LogP contribution in [0, 0.1) is 26.2 Å². The molecule has 0 saturated heterocycles. The molecular formula is C14H20O. The van der Waals surface area contributed by atoms with Crippen molar-refractivity contribution in [3.63, 3.8) is 0 Å². The Kier molecular flexibility index (Phi) is 3.03. The van der Waals surface area contributed by atoms with Gasteiger partial charge in [-0.1, -0.05) is 26.8 Å². The van der Waals surface area contributed by atoms with Crippen LogP contribution in [0.5, 0.6) is 0 Å². The molecule has 0 aliphatic rings. The van der Waals surface area contributed by atoms with E-state index in [0.717, 1.165) is 11.1 Å². The molecule has 0 aliphatic heterocycles.